The highest BCUT2D eigenvalue weighted by atomic mass is 35.5. The molecular formula is C16H11Cl2N3OS2. The maximum atomic E-state index is 8.35. The van der Waals surface area contributed by atoms with E-state index in [0.717, 1.165) is 0 Å². The molecule has 0 spiro atoms. The molecule has 0 unspecified atom stereocenters. The van der Waals surface area contributed by atoms with Crippen molar-refractivity contribution in [3.05, 3.63) is 52.5 Å². The predicted octanol–water partition coefficient (Wildman–Crippen LogP) is 4.92. The number of nitrogens with one attached hydrogen (secondary N) is 1. The predicted molar refractivity (Wildman–Crippen MR) is 107 cm³/mol. The van der Waals surface area contributed by atoms with E-state index in [1.54, 1.807) is 53.3 Å². The van der Waals surface area contributed by atoms with Crippen molar-refractivity contribution in [1.82, 2.24) is 0 Å². The van der Waals surface area contributed by atoms with E-state index in [1.165, 1.54) is 0 Å². The van der Waals surface area contributed by atoms with Crippen molar-refractivity contribution in [1.29, 1.82) is 5.41 Å². The van der Waals surface area contributed by atoms with E-state index in [2.05, 4.69) is 0 Å². The Bertz CT molecular complexity index is 872. The van der Waals surface area contributed by atoms with Gasteiger partial charge in [0.15, 0.2) is 15.9 Å². The number of rotatable bonds is 3. The van der Waals surface area contributed by atoms with Crippen molar-refractivity contribution < 1.29 is 4.74 Å². The van der Waals surface area contributed by atoms with E-state index in [4.69, 9.17) is 57.8 Å². The first-order chi connectivity index (χ1) is 11.4. The number of halogens is 2. The van der Waals surface area contributed by atoms with Crippen LogP contribution in [0.2, 0.25) is 10.0 Å². The molecule has 1 aliphatic rings. The second-order valence-corrected chi connectivity index (χ2v) is 6.53. The number of ether oxygens (including phenoxy) is 1. The summed E-state index contributed by atoms with van der Waals surface area (Å²) >= 11 is 23.1. The number of hydrogen-bond acceptors (Lipinski definition) is 4. The molecule has 0 amide bonds. The van der Waals surface area contributed by atoms with Crippen LogP contribution < -0.4 is 14.5 Å². The number of amidine groups is 1. The summed E-state index contributed by atoms with van der Waals surface area (Å²) in [5.74, 6) is 0.657. The van der Waals surface area contributed by atoms with Gasteiger partial charge in [-0.05, 0) is 48.6 Å². The molecule has 1 fully saturated rings. The largest absolute Gasteiger partial charge is 0.495 e. The van der Waals surface area contributed by atoms with Crippen molar-refractivity contribution in [2.75, 3.05) is 16.9 Å². The van der Waals surface area contributed by atoms with Gasteiger partial charge in [0.1, 0.15) is 5.75 Å². The molecule has 122 valence electrons. The van der Waals surface area contributed by atoms with Gasteiger partial charge in [0.25, 0.3) is 0 Å². The zero-order valence-corrected chi connectivity index (χ0v) is 15.6. The third-order valence-electron chi connectivity index (χ3n) is 3.46. The third-order valence-corrected chi connectivity index (χ3v) is 4.67. The van der Waals surface area contributed by atoms with Crippen molar-refractivity contribution in [2.45, 2.75) is 0 Å². The molecule has 0 atom stereocenters. The summed E-state index contributed by atoms with van der Waals surface area (Å²) in [5, 5.41) is 9.76. The standard InChI is InChI=1S/C16H11Cl2N3OS2/c1-22-13-6-5-10(18)8-12(13)21-15(23)14(19)20(16(21)24)11-4-2-3-9(17)7-11/h2-8,19H,1H3. The van der Waals surface area contributed by atoms with Gasteiger partial charge in [-0.2, -0.15) is 0 Å². The molecule has 0 saturated carbocycles. The molecule has 1 saturated heterocycles. The smallest absolute Gasteiger partial charge is 0.192 e. The van der Waals surface area contributed by atoms with E-state index >= 15 is 0 Å². The number of anilines is 2. The molecule has 2 aromatic carbocycles. The summed E-state index contributed by atoms with van der Waals surface area (Å²) in [7, 11) is 1.55. The molecule has 2 aromatic rings. The van der Waals surface area contributed by atoms with Gasteiger partial charge in [-0.1, -0.05) is 41.5 Å². The molecule has 24 heavy (non-hydrogen) atoms. The van der Waals surface area contributed by atoms with E-state index in [-0.39, 0.29) is 10.8 Å². The monoisotopic (exact) mass is 395 g/mol. The molecule has 8 heteroatoms. The summed E-state index contributed by atoms with van der Waals surface area (Å²) < 4.78 is 5.38. The number of hydrogen-bond donors (Lipinski definition) is 1. The highest BCUT2D eigenvalue weighted by Crippen LogP contribution is 2.36. The molecule has 0 radical (unpaired) electrons. The van der Waals surface area contributed by atoms with Gasteiger partial charge in [-0.15, -0.1) is 0 Å². The van der Waals surface area contributed by atoms with Gasteiger partial charge >= 0.3 is 0 Å². The first-order valence-corrected chi connectivity index (χ1v) is 8.37. The van der Waals surface area contributed by atoms with Gasteiger partial charge < -0.3 is 4.74 Å². The molecule has 4 nitrogen and oxygen atoms in total. The van der Waals surface area contributed by atoms with Crippen LogP contribution in [-0.2, 0) is 0 Å². The Kier molecular flexibility index (Phi) is 4.73. The molecule has 0 bridgehead atoms. The Hall–Kier alpha value is -1.73. The Balaban J connectivity index is 2.09. The fraction of sp³-hybridized carbons (Fsp3) is 0.0625. The molecule has 3 rings (SSSR count). The number of benzene rings is 2. The zero-order chi connectivity index (χ0) is 17.4. The van der Waals surface area contributed by atoms with Crippen LogP contribution in [0.1, 0.15) is 0 Å². The van der Waals surface area contributed by atoms with Crippen LogP contribution in [-0.4, -0.2) is 23.0 Å². The van der Waals surface area contributed by atoms with Crippen molar-refractivity contribution in [2.24, 2.45) is 0 Å². The molecular weight excluding hydrogens is 385 g/mol. The SMILES string of the molecule is COc1ccc(Cl)cc1N1C(=S)C(=N)N(c2cccc(Cl)c2)C1=S. The summed E-state index contributed by atoms with van der Waals surface area (Å²) in [6.07, 6.45) is 0. The second kappa shape index (κ2) is 6.64. The van der Waals surface area contributed by atoms with E-state index in [9.17, 15) is 0 Å². The van der Waals surface area contributed by atoms with E-state index in [1.807, 2.05) is 6.07 Å². The Morgan fingerprint density at radius 1 is 1.00 bits per heavy atom. The van der Waals surface area contributed by atoms with Crippen LogP contribution in [0, 0.1) is 5.41 Å². The fourth-order valence-corrected chi connectivity index (χ4v) is 3.46. The molecule has 0 aliphatic carbocycles. The highest BCUT2D eigenvalue weighted by Gasteiger charge is 2.38. The maximum Gasteiger partial charge on any atom is 0.192 e. The zero-order valence-electron chi connectivity index (χ0n) is 12.4. The van der Waals surface area contributed by atoms with E-state index in [0.29, 0.717) is 32.3 Å². The molecule has 0 aromatic heterocycles. The minimum atomic E-state index is 0.0966. The van der Waals surface area contributed by atoms with Gasteiger partial charge in [0.05, 0.1) is 18.5 Å². The number of thiocarbonyl (C=S) groups is 2. The second-order valence-electron chi connectivity index (χ2n) is 4.90. The lowest BCUT2D eigenvalue weighted by atomic mass is 10.2. The minimum absolute atomic E-state index is 0.0966. The van der Waals surface area contributed by atoms with Crippen LogP contribution in [0.25, 0.3) is 0 Å². The van der Waals surface area contributed by atoms with Gasteiger partial charge in [-0.3, -0.25) is 15.2 Å². The average Bonchev–Trinajstić information content (AvgIpc) is 2.77. The van der Waals surface area contributed by atoms with Crippen molar-refractivity contribution in [3.8, 4) is 5.75 Å². The van der Waals surface area contributed by atoms with Gasteiger partial charge in [0.2, 0.25) is 0 Å². The Labute approximate surface area is 160 Å². The maximum absolute atomic E-state index is 8.35. The van der Waals surface area contributed by atoms with Crippen LogP contribution in [0.5, 0.6) is 5.75 Å². The lowest BCUT2D eigenvalue weighted by Crippen LogP contribution is -2.33. The van der Waals surface area contributed by atoms with Crippen molar-refractivity contribution in [3.63, 3.8) is 0 Å². The number of nitrogens with zero attached hydrogens (tertiary/aromatic N) is 2. The van der Waals surface area contributed by atoms with Gasteiger partial charge in [0, 0.05) is 10.0 Å². The lowest BCUT2D eigenvalue weighted by Gasteiger charge is -2.22. The molecule has 1 N–H and O–H groups in total. The quantitative estimate of drug-likeness (QED) is 0.746. The van der Waals surface area contributed by atoms with Crippen LogP contribution >= 0.6 is 47.6 Å². The lowest BCUT2D eigenvalue weighted by molar-refractivity contribution is 0.416. The van der Waals surface area contributed by atoms with E-state index < -0.39 is 0 Å². The van der Waals surface area contributed by atoms with Crippen LogP contribution in [0.15, 0.2) is 42.5 Å². The fourth-order valence-electron chi connectivity index (χ4n) is 2.39. The van der Waals surface area contributed by atoms with Crippen molar-refractivity contribution >= 4 is 74.9 Å². The van der Waals surface area contributed by atoms with Crippen LogP contribution in [0.4, 0.5) is 11.4 Å². The van der Waals surface area contributed by atoms with Gasteiger partial charge in [-0.25, -0.2) is 0 Å². The third kappa shape index (κ3) is 2.86. The molecule has 1 aliphatic heterocycles. The topological polar surface area (TPSA) is 39.6 Å². The highest BCUT2D eigenvalue weighted by molar-refractivity contribution is 7.84. The first kappa shape index (κ1) is 17.1. The summed E-state index contributed by atoms with van der Waals surface area (Å²) in [5.41, 5.74) is 1.26. The number of methoxy groups -OCH3 is 1. The van der Waals surface area contributed by atoms with Crippen LogP contribution in [0.3, 0.4) is 0 Å². The summed E-state index contributed by atoms with van der Waals surface area (Å²) in [6, 6.07) is 12.2. The Morgan fingerprint density at radius 2 is 1.71 bits per heavy atom. The average molecular weight is 396 g/mol. The summed E-state index contributed by atoms with van der Waals surface area (Å²) in [6.45, 7) is 0. The first-order valence-electron chi connectivity index (χ1n) is 6.80. The molecule has 1 heterocycles. The Morgan fingerprint density at radius 3 is 2.38 bits per heavy atom. The normalized spacial score (nSPS) is 14.5. The summed E-state index contributed by atoms with van der Waals surface area (Å²) in [4.78, 5) is 3.42. The minimum Gasteiger partial charge on any atom is -0.495 e.